The fourth-order valence-corrected chi connectivity index (χ4v) is 3.47. The molecule has 1 saturated heterocycles. The number of morpholine rings is 1. The maximum Gasteiger partial charge on any atom is 0.130 e. The zero-order chi connectivity index (χ0) is 20.6. The van der Waals surface area contributed by atoms with Crippen molar-refractivity contribution < 1.29 is 9.47 Å². The van der Waals surface area contributed by atoms with Crippen molar-refractivity contribution in [3.63, 3.8) is 0 Å². The molecule has 1 N–H and O–H groups in total. The number of aryl methyl sites for hydroxylation is 1. The number of rotatable bonds is 8. The van der Waals surface area contributed by atoms with Crippen molar-refractivity contribution in [2.24, 2.45) is 0 Å². The first-order valence-electron chi connectivity index (χ1n) is 10.4. The molecule has 3 aromatic rings. The Morgan fingerprint density at radius 1 is 1.10 bits per heavy atom. The van der Waals surface area contributed by atoms with Crippen molar-refractivity contribution in [3.05, 3.63) is 83.8 Å². The Morgan fingerprint density at radius 2 is 2.00 bits per heavy atom. The first-order valence-corrected chi connectivity index (χ1v) is 10.4. The van der Waals surface area contributed by atoms with Crippen LogP contribution in [0.15, 0.2) is 66.9 Å². The minimum absolute atomic E-state index is 0.0148. The molecule has 1 aliphatic rings. The summed E-state index contributed by atoms with van der Waals surface area (Å²) in [6, 6.07) is 20.2. The van der Waals surface area contributed by atoms with Gasteiger partial charge >= 0.3 is 0 Å². The third kappa shape index (κ3) is 5.86. The average molecular weight is 405 g/mol. The Balaban J connectivity index is 1.25. The van der Waals surface area contributed by atoms with E-state index in [1.165, 1.54) is 5.56 Å². The summed E-state index contributed by atoms with van der Waals surface area (Å²) in [7, 11) is 0. The Kier molecular flexibility index (Phi) is 7.03. The molecule has 156 valence electrons. The van der Waals surface area contributed by atoms with Crippen molar-refractivity contribution in [3.8, 4) is 0 Å². The highest BCUT2D eigenvalue weighted by atomic mass is 16.5. The van der Waals surface area contributed by atoms with Gasteiger partial charge in [0.25, 0.3) is 0 Å². The molecule has 6 nitrogen and oxygen atoms in total. The summed E-state index contributed by atoms with van der Waals surface area (Å²) in [6.07, 6.45) is 1.82. The van der Waals surface area contributed by atoms with Crippen LogP contribution in [0.1, 0.15) is 23.1 Å². The SMILES string of the molecule is Cc1cccc(Nc2ccc([C@@H]3CN(CCOCc4ccccc4)CCO3)nc2)n1. The molecule has 30 heavy (non-hydrogen) atoms. The molecule has 0 radical (unpaired) electrons. The van der Waals surface area contributed by atoms with Crippen LogP contribution in [0.25, 0.3) is 0 Å². The molecule has 0 bridgehead atoms. The summed E-state index contributed by atoms with van der Waals surface area (Å²) in [6.45, 7) is 6.69. The normalized spacial score (nSPS) is 17.0. The summed E-state index contributed by atoms with van der Waals surface area (Å²) in [5.41, 5.74) is 4.05. The van der Waals surface area contributed by atoms with Crippen LogP contribution in [0.3, 0.4) is 0 Å². The topological polar surface area (TPSA) is 59.5 Å². The summed E-state index contributed by atoms with van der Waals surface area (Å²) >= 11 is 0. The van der Waals surface area contributed by atoms with Crippen LogP contribution in [-0.4, -0.2) is 47.7 Å². The van der Waals surface area contributed by atoms with Gasteiger partial charge in [0.05, 0.1) is 37.4 Å². The molecule has 0 aliphatic carbocycles. The van der Waals surface area contributed by atoms with E-state index in [1.54, 1.807) is 0 Å². The Morgan fingerprint density at radius 3 is 2.80 bits per heavy atom. The van der Waals surface area contributed by atoms with Gasteiger partial charge in [-0.2, -0.15) is 0 Å². The number of nitrogens with one attached hydrogen (secondary N) is 1. The van der Waals surface area contributed by atoms with Crippen LogP contribution < -0.4 is 5.32 Å². The quantitative estimate of drug-likeness (QED) is 0.570. The van der Waals surface area contributed by atoms with E-state index in [0.29, 0.717) is 19.8 Å². The highest BCUT2D eigenvalue weighted by molar-refractivity contribution is 5.54. The Bertz CT molecular complexity index is 918. The average Bonchev–Trinajstić information content (AvgIpc) is 2.78. The predicted molar refractivity (Wildman–Crippen MR) is 118 cm³/mol. The van der Waals surface area contributed by atoms with E-state index in [4.69, 9.17) is 9.47 Å². The van der Waals surface area contributed by atoms with Crippen molar-refractivity contribution in [1.82, 2.24) is 14.9 Å². The van der Waals surface area contributed by atoms with E-state index >= 15 is 0 Å². The molecular weight excluding hydrogens is 376 g/mol. The molecule has 6 heteroatoms. The number of ether oxygens (including phenoxy) is 2. The zero-order valence-electron chi connectivity index (χ0n) is 17.3. The minimum Gasteiger partial charge on any atom is -0.375 e. The molecular formula is C24H28N4O2. The lowest BCUT2D eigenvalue weighted by atomic mass is 10.2. The van der Waals surface area contributed by atoms with E-state index in [9.17, 15) is 0 Å². The lowest BCUT2D eigenvalue weighted by Crippen LogP contribution is -2.40. The molecule has 0 amide bonds. The van der Waals surface area contributed by atoms with Crippen molar-refractivity contribution >= 4 is 11.5 Å². The highest BCUT2D eigenvalue weighted by Crippen LogP contribution is 2.22. The number of hydrogen-bond acceptors (Lipinski definition) is 6. The second kappa shape index (κ2) is 10.3. The fraction of sp³-hybridized carbons (Fsp3) is 0.333. The van der Waals surface area contributed by atoms with Gasteiger partial charge in [0.15, 0.2) is 0 Å². The molecule has 4 rings (SSSR count). The molecule has 0 spiro atoms. The van der Waals surface area contributed by atoms with E-state index in [-0.39, 0.29) is 6.10 Å². The van der Waals surface area contributed by atoms with Gasteiger partial charge in [-0.15, -0.1) is 0 Å². The van der Waals surface area contributed by atoms with Crippen LogP contribution in [0.2, 0.25) is 0 Å². The van der Waals surface area contributed by atoms with Crippen LogP contribution in [0, 0.1) is 6.92 Å². The minimum atomic E-state index is -0.0148. The Labute approximate surface area is 177 Å². The largest absolute Gasteiger partial charge is 0.375 e. The summed E-state index contributed by atoms with van der Waals surface area (Å²) in [5, 5.41) is 3.29. The van der Waals surface area contributed by atoms with Crippen molar-refractivity contribution in [2.75, 3.05) is 38.2 Å². The molecule has 3 heterocycles. The smallest absolute Gasteiger partial charge is 0.130 e. The first kappa shape index (κ1) is 20.5. The second-order valence-electron chi connectivity index (χ2n) is 7.46. The third-order valence-corrected chi connectivity index (χ3v) is 5.09. The van der Waals surface area contributed by atoms with Crippen molar-refractivity contribution in [1.29, 1.82) is 0 Å². The van der Waals surface area contributed by atoms with Gasteiger partial charge in [0.2, 0.25) is 0 Å². The first-order chi connectivity index (χ1) is 14.8. The molecule has 1 atom stereocenters. The van der Waals surface area contributed by atoms with Gasteiger partial charge in [-0.3, -0.25) is 9.88 Å². The molecule has 1 aromatic carbocycles. The number of anilines is 2. The molecule has 0 unspecified atom stereocenters. The summed E-state index contributed by atoms with van der Waals surface area (Å²) in [4.78, 5) is 11.5. The van der Waals surface area contributed by atoms with Crippen LogP contribution >= 0.6 is 0 Å². The highest BCUT2D eigenvalue weighted by Gasteiger charge is 2.22. The maximum absolute atomic E-state index is 5.97. The predicted octanol–water partition coefficient (Wildman–Crippen LogP) is 4.12. The van der Waals surface area contributed by atoms with Gasteiger partial charge in [-0.05, 0) is 36.8 Å². The van der Waals surface area contributed by atoms with Gasteiger partial charge in [-0.1, -0.05) is 36.4 Å². The van der Waals surface area contributed by atoms with Gasteiger partial charge in [-0.25, -0.2) is 4.98 Å². The van der Waals surface area contributed by atoms with E-state index < -0.39 is 0 Å². The van der Waals surface area contributed by atoms with Gasteiger partial charge in [0, 0.05) is 25.3 Å². The Hall–Kier alpha value is -2.80. The van der Waals surface area contributed by atoms with Gasteiger partial charge in [0.1, 0.15) is 11.9 Å². The molecule has 1 aliphatic heterocycles. The lowest BCUT2D eigenvalue weighted by molar-refractivity contribution is -0.0405. The third-order valence-electron chi connectivity index (χ3n) is 5.09. The van der Waals surface area contributed by atoms with Gasteiger partial charge < -0.3 is 14.8 Å². The molecule has 2 aromatic heterocycles. The monoisotopic (exact) mass is 404 g/mol. The molecule has 1 fully saturated rings. The molecule has 0 saturated carbocycles. The number of nitrogens with zero attached hydrogens (tertiary/aromatic N) is 3. The summed E-state index contributed by atoms with van der Waals surface area (Å²) < 4.78 is 11.8. The maximum atomic E-state index is 5.97. The number of pyridine rings is 2. The van der Waals surface area contributed by atoms with Crippen LogP contribution in [0.4, 0.5) is 11.5 Å². The van der Waals surface area contributed by atoms with Crippen LogP contribution in [-0.2, 0) is 16.1 Å². The number of aromatic nitrogens is 2. The number of hydrogen-bond donors (Lipinski definition) is 1. The zero-order valence-corrected chi connectivity index (χ0v) is 17.3. The lowest BCUT2D eigenvalue weighted by Gasteiger charge is -2.32. The van der Waals surface area contributed by atoms with Crippen molar-refractivity contribution in [2.45, 2.75) is 19.6 Å². The van der Waals surface area contributed by atoms with E-state index in [2.05, 4.69) is 32.3 Å². The fourth-order valence-electron chi connectivity index (χ4n) is 3.47. The van der Waals surface area contributed by atoms with E-state index in [1.807, 2.05) is 61.7 Å². The number of benzene rings is 1. The van der Waals surface area contributed by atoms with Crippen LogP contribution in [0.5, 0.6) is 0 Å². The van der Waals surface area contributed by atoms with E-state index in [0.717, 1.165) is 42.5 Å². The second-order valence-corrected chi connectivity index (χ2v) is 7.46. The summed E-state index contributed by atoms with van der Waals surface area (Å²) in [5.74, 6) is 0.820. The standard InChI is InChI=1S/C24H28N4O2/c1-19-6-5-9-24(26-19)27-21-10-11-22(25-16-21)23-17-28(13-15-30-23)12-14-29-18-20-7-3-2-4-8-20/h2-11,16,23H,12-15,17-18H2,1H3,(H,26,27)/t23-/m0/s1.